The Hall–Kier alpha value is -3.42. The van der Waals surface area contributed by atoms with Gasteiger partial charge < -0.3 is 0 Å². The number of ketones is 1. The van der Waals surface area contributed by atoms with Crippen LogP contribution < -0.4 is 5.56 Å². The van der Waals surface area contributed by atoms with E-state index in [-0.39, 0.29) is 17.2 Å². The Morgan fingerprint density at radius 1 is 1.15 bits per heavy atom. The molecule has 0 bridgehead atoms. The Bertz CT molecular complexity index is 1630. The summed E-state index contributed by atoms with van der Waals surface area (Å²) < 4.78 is 63.1. The molecule has 1 fully saturated rings. The first kappa shape index (κ1) is 31.1. The molecule has 0 aliphatic carbocycles. The highest BCUT2D eigenvalue weighted by Crippen LogP contribution is 2.33. The fraction of sp³-hybridized carbons (Fsp3) is 0.346. The average Bonchev–Trinajstić information content (AvgIpc) is 3.26. The highest BCUT2D eigenvalue weighted by Gasteiger charge is 2.40. The van der Waals surface area contributed by atoms with Crippen molar-refractivity contribution in [3.8, 4) is 0 Å². The maximum absolute atomic E-state index is 12.8. The predicted octanol–water partition coefficient (Wildman–Crippen LogP) is 4.32. The van der Waals surface area contributed by atoms with E-state index >= 15 is 0 Å². The maximum Gasteiger partial charge on any atom is 0.416 e. The van der Waals surface area contributed by atoms with Crippen LogP contribution in [0.4, 0.5) is 13.2 Å². The Balaban J connectivity index is 0.000000238. The van der Waals surface area contributed by atoms with Gasteiger partial charge in [-0.1, -0.05) is 29.8 Å². The standard InChI is InChI=1S/C14H13F3N2O4S.C12H14ClNO2/c1-7-11(13(21)19(2)18-7)12(20)9-5-4-8(14(15,16)17)6-10(9)24(3,22)23;1-12(2)8-16-14(11(12)15)7-9-5-3-4-6-10(9)13/h4-6,18H,1-3H3;3-6H,7-8H2,1-2H3. The van der Waals surface area contributed by atoms with Gasteiger partial charge in [-0.15, -0.1) is 0 Å². The zero-order chi connectivity index (χ0) is 30.2. The minimum absolute atomic E-state index is 0.00687. The Morgan fingerprint density at radius 2 is 1.77 bits per heavy atom. The first-order valence-electron chi connectivity index (χ1n) is 11.7. The van der Waals surface area contributed by atoms with Crippen molar-refractivity contribution in [2.45, 2.75) is 38.4 Å². The molecule has 0 atom stereocenters. The molecule has 1 N–H and O–H groups in total. The summed E-state index contributed by atoms with van der Waals surface area (Å²) in [6.45, 7) is 6.01. The first-order valence-corrected chi connectivity index (χ1v) is 14.0. The number of benzene rings is 2. The van der Waals surface area contributed by atoms with Crippen LogP contribution in [-0.4, -0.2) is 47.8 Å². The summed E-state index contributed by atoms with van der Waals surface area (Å²) in [6, 6.07) is 9.24. The number of hydrogen-bond donors (Lipinski definition) is 1. The van der Waals surface area contributed by atoms with Gasteiger partial charge in [0.1, 0.15) is 5.56 Å². The van der Waals surface area contributed by atoms with Gasteiger partial charge in [-0.2, -0.15) is 13.2 Å². The van der Waals surface area contributed by atoms with Crippen LogP contribution in [0.5, 0.6) is 0 Å². The summed E-state index contributed by atoms with van der Waals surface area (Å²) in [5.41, 5.74) is -2.04. The summed E-state index contributed by atoms with van der Waals surface area (Å²) in [7, 11) is -2.77. The molecular formula is C26H27ClF3N3O6S. The van der Waals surface area contributed by atoms with Gasteiger partial charge in [-0.25, -0.2) is 13.5 Å². The van der Waals surface area contributed by atoms with Gasteiger partial charge in [0, 0.05) is 29.6 Å². The molecule has 1 amide bonds. The summed E-state index contributed by atoms with van der Waals surface area (Å²) >= 11 is 6.03. The number of rotatable bonds is 5. The second-order valence-electron chi connectivity index (χ2n) is 9.88. The number of aromatic amines is 1. The number of amides is 1. The van der Waals surface area contributed by atoms with Crippen molar-refractivity contribution in [2.75, 3.05) is 12.9 Å². The number of carbonyl (C=O) groups is 2. The van der Waals surface area contributed by atoms with E-state index in [9.17, 15) is 36.0 Å². The van der Waals surface area contributed by atoms with E-state index in [0.717, 1.165) is 16.3 Å². The number of hydrogen-bond acceptors (Lipinski definition) is 6. The fourth-order valence-electron chi connectivity index (χ4n) is 3.88. The second kappa shape index (κ2) is 11.2. The lowest BCUT2D eigenvalue weighted by atomic mass is 9.95. The molecule has 0 radical (unpaired) electrons. The molecule has 4 rings (SSSR count). The van der Waals surface area contributed by atoms with E-state index in [1.807, 2.05) is 38.1 Å². The number of halogens is 4. The molecule has 1 aliphatic rings. The third-order valence-corrected chi connectivity index (χ3v) is 7.57. The lowest BCUT2D eigenvalue weighted by molar-refractivity contribution is -0.165. The first-order chi connectivity index (χ1) is 18.3. The molecule has 2 aromatic carbocycles. The van der Waals surface area contributed by atoms with Crippen molar-refractivity contribution >= 4 is 33.1 Å². The molecule has 216 valence electrons. The molecule has 0 spiro atoms. The van der Waals surface area contributed by atoms with Crippen LogP contribution in [0.3, 0.4) is 0 Å². The Labute approximate surface area is 233 Å². The lowest BCUT2D eigenvalue weighted by Crippen LogP contribution is -2.30. The van der Waals surface area contributed by atoms with E-state index in [1.54, 1.807) is 0 Å². The van der Waals surface area contributed by atoms with Crippen LogP contribution in [0, 0.1) is 12.3 Å². The third-order valence-electron chi connectivity index (χ3n) is 6.07. The summed E-state index contributed by atoms with van der Waals surface area (Å²) in [6.07, 6.45) is -4.07. The minimum atomic E-state index is -4.76. The molecule has 0 saturated carbocycles. The van der Waals surface area contributed by atoms with Gasteiger partial charge in [0.15, 0.2) is 9.84 Å². The van der Waals surface area contributed by atoms with Crippen LogP contribution in [0.25, 0.3) is 0 Å². The number of aryl methyl sites for hydroxylation is 2. The van der Waals surface area contributed by atoms with Crippen molar-refractivity contribution in [3.05, 3.63) is 85.8 Å². The summed E-state index contributed by atoms with van der Waals surface area (Å²) in [5.74, 6) is -0.948. The maximum atomic E-state index is 12.8. The second-order valence-corrected chi connectivity index (χ2v) is 12.3. The van der Waals surface area contributed by atoms with Crippen LogP contribution in [0.2, 0.25) is 5.02 Å². The number of aromatic nitrogens is 2. The summed E-state index contributed by atoms with van der Waals surface area (Å²) in [5, 5.41) is 4.62. The molecule has 3 aromatic rings. The third kappa shape index (κ3) is 6.65. The monoisotopic (exact) mass is 601 g/mol. The van der Waals surface area contributed by atoms with Crippen molar-refractivity contribution < 1.29 is 36.0 Å². The number of hydroxylamine groups is 2. The van der Waals surface area contributed by atoms with Gasteiger partial charge in [0.05, 0.1) is 29.0 Å². The molecule has 0 unspecified atom stereocenters. The Morgan fingerprint density at radius 3 is 2.25 bits per heavy atom. The number of carbonyl (C=O) groups excluding carboxylic acids is 2. The van der Waals surface area contributed by atoms with E-state index in [1.165, 1.54) is 19.0 Å². The minimum Gasteiger partial charge on any atom is -0.299 e. The smallest absolute Gasteiger partial charge is 0.299 e. The zero-order valence-electron chi connectivity index (χ0n) is 22.2. The highest BCUT2D eigenvalue weighted by atomic mass is 35.5. The van der Waals surface area contributed by atoms with Crippen molar-refractivity contribution in [3.63, 3.8) is 0 Å². The topological polar surface area (TPSA) is 119 Å². The largest absolute Gasteiger partial charge is 0.416 e. The van der Waals surface area contributed by atoms with Crippen LogP contribution in [0.1, 0.15) is 46.6 Å². The van der Waals surface area contributed by atoms with Crippen LogP contribution in [-0.2, 0) is 39.2 Å². The van der Waals surface area contributed by atoms with Gasteiger partial charge in [0.2, 0.25) is 5.78 Å². The van der Waals surface area contributed by atoms with Crippen LogP contribution >= 0.6 is 11.6 Å². The summed E-state index contributed by atoms with van der Waals surface area (Å²) in [4.78, 5) is 41.0. The number of H-pyrrole nitrogens is 1. The van der Waals surface area contributed by atoms with Crippen LogP contribution in [0.15, 0.2) is 52.2 Å². The molecule has 1 saturated heterocycles. The number of alkyl halides is 3. The molecule has 2 heterocycles. The van der Waals surface area contributed by atoms with E-state index in [4.69, 9.17) is 16.4 Å². The van der Waals surface area contributed by atoms with Crippen molar-refractivity contribution in [2.24, 2.45) is 12.5 Å². The van der Waals surface area contributed by atoms with Crippen molar-refractivity contribution in [1.82, 2.24) is 14.8 Å². The normalized spacial score (nSPS) is 15.1. The quantitative estimate of drug-likeness (QED) is 0.435. The SMILES string of the molecule is CC1(C)CON(Cc2ccccc2Cl)C1=O.Cc1[nH]n(C)c(=O)c1C(=O)c1ccc(C(F)(F)F)cc1S(C)(=O)=O. The Kier molecular flexibility index (Phi) is 8.73. The number of nitrogens with one attached hydrogen (secondary N) is 1. The van der Waals surface area contributed by atoms with Gasteiger partial charge in [-0.3, -0.25) is 29.0 Å². The number of nitrogens with zero attached hydrogens (tertiary/aromatic N) is 2. The average molecular weight is 602 g/mol. The van der Waals surface area contributed by atoms with E-state index in [2.05, 4.69) is 5.10 Å². The molecule has 14 heteroatoms. The molecular weight excluding hydrogens is 575 g/mol. The molecule has 1 aliphatic heterocycles. The zero-order valence-corrected chi connectivity index (χ0v) is 23.8. The predicted molar refractivity (Wildman–Crippen MR) is 140 cm³/mol. The van der Waals surface area contributed by atoms with Gasteiger partial charge in [-0.05, 0) is 50.6 Å². The number of sulfone groups is 1. The molecule has 9 nitrogen and oxygen atoms in total. The molecule has 1 aromatic heterocycles. The van der Waals surface area contributed by atoms with E-state index in [0.29, 0.717) is 36.6 Å². The van der Waals surface area contributed by atoms with E-state index < -0.39 is 48.8 Å². The highest BCUT2D eigenvalue weighted by molar-refractivity contribution is 7.90. The van der Waals surface area contributed by atoms with Crippen molar-refractivity contribution in [1.29, 1.82) is 0 Å². The fourth-order valence-corrected chi connectivity index (χ4v) is 4.97. The van der Waals surface area contributed by atoms with Gasteiger partial charge in [0.25, 0.3) is 11.5 Å². The lowest BCUT2D eigenvalue weighted by Gasteiger charge is -2.16. The molecule has 40 heavy (non-hydrogen) atoms. The van der Waals surface area contributed by atoms with Gasteiger partial charge >= 0.3 is 6.18 Å².